The normalized spacial score (nSPS) is 9.36. The van der Waals surface area contributed by atoms with Crippen molar-refractivity contribution in [3.63, 3.8) is 0 Å². The van der Waals surface area contributed by atoms with E-state index in [2.05, 4.69) is 0 Å². The highest BCUT2D eigenvalue weighted by Crippen LogP contribution is 2.22. The smallest absolute Gasteiger partial charge is 0.264 e. The molecule has 0 amide bonds. The molecular formula is C10H6Cl2O2. The Morgan fingerprint density at radius 3 is 2.50 bits per heavy atom. The van der Waals surface area contributed by atoms with Crippen LogP contribution in [-0.4, -0.2) is 11.2 Å². The molecule has 0 spiro atoms. The Morgan fingerprint density at radius 2 is 2.07 bits per heavy atom. The first-order chi connectivity index (χ1) is 6.56. The number of allylic oxidation sites excluding steroid dienone is 1. The molecule has 1 aromatic rings. The largest absolute Gasteiger partial charge is 0.275 e. The molecule has 0 bridgehead atoms. The predicted octanol–water partition coefficient (Wildman–Crippen LogP) is 2.63. The van der Waals surface area contributed by atoms with E-state index in [0.717, 1.165) is 0 Å². The predicted molar refractivity (Wildman–Crippen MR) is 56.1 cm³/mol. The number of rotatable bonds is 2. The maximum atomic E-state index is 10.8. The van der Waals surface area contributed by atoms with Crippen LogP contribution in [0.4, 0.5) is 0 Å². The fourth-order valence-electron chi connectivity index (χ4n) is 1.11. The Morgan fingerprint density at radius 1 is 1.43 bits per heavy atom. The van der Waals surface area contributed by atoms with Gasteiger partial charge in [0.1, 0.15) is 11.5 Å². The van der Waals surface area contributed by atoms with E-state index in [-0.39, 0.29) is 5.57 Å². The van der Waals surface area contributed by atoms with Gasteiger partial charge in [-0.1, -0.05) is 17.7 Å². The summed E-state index contributed by atoms with van der Waals surface area (Å²) in [6.07, 6.45) is 0. The number of aryl methyl sites for hydroxylation is 1. The quantitative estimate of drug-likeness (QED) is 0.443. The summed E-state index contributed by atoms with van der Waals surface area (Å²) in [5.41, 5.74) is 1.01. The van der Waals surface area contributed by atoms with Gasteiger partial charge in [0.2, 0.25) is 0 Å². The Hall–Kier alpha value is -1.08. The van der Waals surface area contributed by atoms with Crippen LogP contribution in [0.15, 0.2) is 18.2 Å². The van der Waals surface area contributed by atoms with Crippen LogP contribution in [0, 0.1) is 6.92 Å². The SMILES string of the molecule is Cc1cc(Cl)ccc1C(=C=O)C(=O)Cl. The van der Waals surface area contributed by atoms with Gasteiger partial charge in [0.05, 0.1) is 0 Å². The van der Waals surface area contributed by atoms with Crippen molar-refractivity contribution in [2.24, 2.45) is 0 Å². The molecular weight excluding hydrogens is 223 g/mol. The van der Waals surface area contributed by atoms with Gasteiger partial charge in [0, 0.05) is 10.6 Å². The Bertz CT molecular complexity index is 432. The lowest BCUT2D eigenvalue weighted by Gasteiger charge is -2.03. The lowest BCUT2D eigenvalue weighted by atomic mass is 10.0. The first kappa shape index (κ1) is 11.0. The van der Waals surface area contributed by atoms with Crippen molar-refractivity contribution in [1.29, 1.82) is 0 Å². The molecule has 0 aliphatic heterocycles. The van der Waals surface area contributed by atoms with Gasteiger partial charge in [-0.2, -0.15) is 0 Å². The summed E-state index contributed by atoms with van der Waals surface area (Å²) in [7, 11) is 0. The zero-order chi connectivity index (χ0) is 10.7. The van der Waals surface area contributed by atoms with Crippen molar-refractivity contribution in [2.45, 2.75) is 6.92 Å². The summed E-state index contributed by atoms with van der Waals surface area (Å²) < 4.78 is 0. The van der Waals surface area contributed by atoms with Crippen molar-refractivity contribution in [1.82, 2.24) is 0 Å². The molecule has 0 atom stereocenters. The van der Waals surface area contributed by atoms with E-state index in [0.29, 0.717) is 16.1 Å². The third kappa shape index (κ3) is 2.24. The van der Waals surface area contributed by atoms with E-state index < -0.39 is 5.24 Å². The summed E-state index contributed by atoms with van der Waals surface area (Å²) in [4.78, 5) is 21.3. The van der Waals surface area contributed by atoms with Crippen LogP contribution in [0.1, 0.15) is 11.1 Å². The Kier molecular flexibility index (Phi) is 3.48. The molecule has 0 aliphatic rings. The van der Waals surface area contributed by atoms with Crippen LogP contribution in [0.25, 0.3) is 5.57 Å². The monoisotopic (exact) mass is 228 g/mol. The van der Waals surface area contributed by atoms with Crippen LogP contribution in [0.2, 0.25) is 5.02 Å². The lowest BCUT2D eigenvalue weighted by molar-refractivity contribution is -0.106. The molecule has 0 N–H and O–H groups in total. The fraction of sp³-hybridized carbons (Fsp3) is 0.100. The maximum absolute atomic E-state index is 10.8. The van der Waals surface area contributed by atoms with E-state index in [4.69, 9.17) is 23.2 Å². The molecule has 0 heterocycles. The first-order valence-corrected chi connectivity index (χ1v) is 4.53. The van der Waals surface area contributed by atoms with Crippen LogP contribution in [0.3, 0.4) is 0 Å². The molecule has 0 saturated heterocycles. The summed E-state index contributed by atoms with van der Waals surface area (Å²) in [6.45, 7) is 1.73. The molecule has 72 valence electrons. The summed E-state index contributed by atoms with van der Waals surface area (Å²) in [5, 5.41) is -0.274. The van der Waals surface area contributed by atoms with E-state index >= 15 is 0 Å². The maximum Gasteiger partial charge on any atom is 0.264 e. The standard InChI is InChI=1S/C10H6Cl2O2/c1-6-4-7(11)2-3-8(6)9(5-13)10(12)14/h2-4H,1H3. The molecule has 0 aromatic heterocycles. The van der Waals surface area contributed by atoms with Gasteiger partial charge >= 0.3 is 0 Å². The second kappa shape index (κ2) is 4.43. The third-order valence-electron chi connectivity index (χ3n) is 1.76. The number of hydrogen-bond acceptors (Lipinski definition) is 2. The first-order valence-electron chi connectivity index (χ1n) is 3.77. The number of benzene rings is 1. The van der Waals surface area contributed by atoms with Gasteiger partial charge in [-0.15, -0.1) is 0 Å². The summed E-state index contributed by atoms with van der Waals surface area (Å²) >= 11 is 10.9. The highest BCUT2D eigenvalue weighted by molar-refractivity contribution is 6.75. The van der Waals surface area contributed by atoms with E-state index in [1.165, 1.54) is 5.94 Å². The second-order valence-corrected chi connectivity index (χ2v) is 3.49. The van der Waals surface area contributed by atoms with Crippen LogP contribution in [0.5, 0.6) is 0 Å². The Labute approximate surface area is 91.1 Å². The lowest BCUT2D eigenvalue weighted by Crippen LogP contribution is -1.96. The zero-order valence-electron chi connectivity index (χ0n) is 7.30. The molecule has 1 rings (SSSR count). The van der Waals surface area contributed by atoms with Gasteiger partial charge in [-0.3, -0.25) is 4.79 Å². The molecule has 1 aromatic carbocycles. The molecule has 0 fully saturated rings. The summed E-state index contributed by atoms with van der Waals surface area (Å²) in [6, 6.07) is 4.80. The van der Waals surface area contributed by atoms with E-state index in [9.17, 15) is 9.59 Å². The molecule has 14 heavy (non-hydrogen) atoms. The molecule has 0 radical (unpaired) electrons. The van der Waals surface area contributed by atoms with Gasteiger partial charge in [-0.25, -0.2) is 4.79 Å². The molecule has 0 saturated carbocycles. The van der Waals surface area contributed by atoms with Gasteiger partial charge in [-0.05, 0) is 36.2 Å². The minimum atomic E-state index is -0.814. The van der Waals surface area contributed by atoms with E-state index in [1.54, 1.807) is 25.1 Å². The average Bonchev–Trinajstić information content (AvgIpc) is 2.09. The molecule has 0 unspecified atom stereocenters. The number of halogens is 2. The fourth-order valence-corrected chi connectivity index (χ4v) is 1.48. The van der Waals surface area contributed by atoms with Crippen molar-refractivity contribution in [2.75, 3.05) is 0 Å². The van der Waals surface area contributed by atoms with E-state index in [1.807, 2.05) is 0 Å². The van der Waals surface area contributed by atoms with Crippen LogP contribution in [-0.2, 0) is 9.59 Å². The molecule has 2 nitrogen and oxygen atoms in total. The van der Waals surface area contributed by atoms with Crippen molar-refractivity contribution in [3.05, 3.63) is 34.3 Å². The van der Waals surface area contributed by atoms with Crippen molar-refractivity contribution >= 4 is 40.0 Å². The summed E-state index contributed by atoms with van der Waals surface area (Å²) in [5.74, 6) is 1.52. The van der Waals surface area contributed by atoms with Gasteiger partial charge in [0.25, 0.3) is 5.24 Å². The highest BCUT2D eigenvalue weighted by atomic mass is 35.5. The minimum absolute atomic E-state index is 0.166. The highest BCUT2D eigenvalue weighted by Gasteiger charge is 2.12. The van der Waals surface area contributed by atoms with Crippen molar-refractivity contribution in [3.8, 4) is 0 Å². The molecule has 4 heteroatoms. The average molecular weight is 229 g/mol. The third-order valence-corrected chi connectivity index (χ3v) is 2.18. The number of carbonyl (C=O) groups excluding carboxylic acids is 2. The number of hydrogen-bond donors (Lipinski definition) is 0. The van der Waals surface area contributed by atoms with Gasteiger partial charge < -0.3 is 0 Å². The topological polar surface area (TPSA) is 34.1 Å². The minimum Gasteiger partial charge on any atom is -0.275 e. The number of carbonyl (C=O) groups is 1. The molecule has 0 aliphatic carbocycles. The Balaban J connectivity index is 3.33. The van der Waals surface area contributed by atoms with Gasteiger partial charge in [0.15, 0.2) is 0 Å². The van der Waals surface area contributed by atoms with Crippen LogP contribution < -0.4 is 0 Å². The zero-order valence-corrected chi connectivity index (χ0v) is 8.82. The van der Waals surface area contributed by atoms with Crippen LogP contribution >= 0.6 is 23.2 Å². The van der Waals surface area contributed by atoms with Crippen molar-refractivity contribution < 1.29 is 9.59 Å². The second-order valence-electron chi connectivity index (χ2n) is 2.71.